The van der Waals surface area contributed by atoms with Gasteiger partial charge in [-0.1, -0.05) is 29.4 Å². The van der Waals surface area contributed by atoms with E-state index < -0.39 is 0 Å². The van der Waals surface area contributed by atoms with Crippen LogP contribution in [-0.4, -0.2) is 14.9 Å². The van der Waals surface area contributed by atoms with Crippen molar-refractivity contribution in [2.45, 2.75) is 10.9 Å². The molecule has 0 saturated heterocycles. The van der Waals surface area contributed by atoms with E-state index in [0.29, 0.717) is 27.5 Å². The summed E-state index contributed by atoms with van der Waals surface area (Å²) in [4.78, 5) is 0. The fourth-order valence-electron chi connectivity index (χ4n) is 1.73. The standard InChI is InChI=1S/C13H10ClFN4OS/c14-10-6-9(15)4-3-8(10)7-21-13-18-17-12(19(13)16)11-2-1-5-20-11/h1-6H,7,16H2. The number of aromatic nitrogens is 3. The van der Waals surface area contributed by atoms with Crippen molar-refractivity contribution in [2.24, 2.45) is 0 Å². The zero-order valence-electron chi connectivity index (χ0n) is 10.7. The highest BCUT2D eigenvalue weighted by Gasteiger charge is 2.14. The van der Waals surface area contributed by atoms with Crippen molar-refractivity contribution in [3.05, 3.63) is 53.0 Å². The molecule has 8 heteroatoms. The molecule has 0 saturated carbocycles. The largest absolute Gasteiger partial charge is 0.461 e. The lowest BCUT2D eigenvalue weighted by molar-refractivity contribution is 0.574. The first-order valence-corrected chi connectivity index (χ1v) is 7.32. The van der Waals surface area contributed by atoms with Crippen molar-refractivity contribution in [1.82, 2.24) is 14.9 Å². The van der Waals surface area contributed by atoms with Crippen LogP contribution in [0.25, 0.3) is 11.6 Å². The summed E-state index contributed by atoms with van der Waals surface area (Å²) < 4.78 is 19.6. The summed E-state index contributed by atoms with van der Waals surface area (Å²) in [5.74, 6) is 7.06. The Kier molecular flexibility index (Phi) is 3.85. The molecule has 0 bridgehead atoms. The summed E-state index contributed by atoms with van der Waals surface area (Å²) >= 11 is 7.33. The normalized spacial score (nSPS) is 11.0. The Morgan fingerprint density at radius 1 is 1.33 bits per heavy atom. The van der Waals surface area contributed by atoms with Gasteiger partial charge in [-0.25, -0.2) is 9.07 Å². The Hall–Kier alpha value is -1.99. The quantitative estimate of drug-likeness (QED) is 0.589. The molecule has 2 aromatic heterocycles. The summed E-state index contributed by atoms with van der Waals surface area (Å²) in [6, 6.07) is 7.77. The van der Waals surface area contributed by atoms with Gasteiger partial charge in [-0.3, -0.25) is 0 Å². The molecular formula is C13H10ClFN4OS. The van der Waals surface area contributed by atoms with E-state index in [1.807, 2.05) is 0 Å². The molecule has 108 valence electrons. The molecule has 0 radical (unpaired) electrons. The minimum atomic E-state index is -0.365. The molecule has 0 aliphatic rings. The van der Waals surface area contributed by atoms with Gasteiger partial charge in [-0.2, -0.15) is 0 Å². The van der Waals surface area contributed by atoms with Gasteiger partial charge in [0, 0.05) is 10.8 Å². The maximum absolute atomic E-state index is 13.0. The average Bonchev–Trinajstić information content (AvgIpc) is 3.08. The second-order valence-electron chi connectivity index (χ2n) is 4.18. The molecule has 2 heterocycles. The van der Waals surface area contributed by atoms with Crippen LogP contribution in [0.1, 0.15) is 5.56 Å². The van der Waals surface area contributed by atoms with Gasteiger partial charge < -0.3 is 10.3 Å². The summed E-state index contributed by atoms with van der Waals surface area (Å²) in [7, 11) is 0. The van der Waals surface area contributed by atoms with Crippen LogP contribution in [0, 0.1) is 5.82 Å². The lowest BCUT2D eigenvalue weighted by Gasteiger charge is -2.04. The number of rotatable bonds is 4. The molecule has 0 atom stereocenters. The van der Waals surface area contributed by atoms with Gasteiger partial charge in [0.05, 0.1) is 6.26 Å². The van der Waals surface area contributed by atoms with E-state index in [0.717, 1.165) is 5.56 Å². The van der Waals surface area contributed by atoms with Crippen molar-refractivity contribution in [2.75, 3.05) is 5.84 Å². The van der Waals surface area contributed by atoms with Crippen molar-refractivity contribution >= 4 is 23.4 Å². The molecule has 3 aromatic rings. The number of nitrogens with zero attached hydrogens (tertiary/aromatic N) is 3. The predicted molar refractivity (Wildman–Crippen MR) is 78.8 cm³/mol. The van der Waals surface area contributed by atoms with Gasteiger partial charge >= 0.3 is 0 Å². The average molecular weight is 325 g/mol. The van der Waals surface area contributed by atoms with Crippen molar-refractivity contribution in [1.29, 1.82) is 0 Å². The third kappa shape index (κ3) is 2.88. The van der Waals surface area contributed by atoms with Gasteiger partial charge in [0.1, 0.15) is 5.82 Å². The van der Waals surface area contributed by atoms with Crippen LogP contribution < -0.4 is 5.84 Å². The monoisotopic (exact) mass is 324 g/mol. The lowest BCUT2D eigenvalue weighted by Crippen LogP contribution is -2.11. The van der Waals surface area contributed by atoms with E-state index in [9.17, 15) is 4.39 Å². The van der Waals surface area contributed by atoms with E-state index in [1.54, 1.807) is 18.2 Å². The fourth-order valence-corrected chi connectivity index (χ4v) is 2.90. The highest BCUT2D eigenvalue weighted by atomic mass is 35.5. The van der Waals surface area contributed by atoms with Crippen LogP contribution in [0.3, 0.4) is 0 Å². The summed E-state index contributed by atoms with van der Waals surface area (Å²) in [6.45, 7) is 0. The van der Waals surface area contributed by atoms with E-state index in [-0.39, 0.29) is 5.82 Å². The first-order valence-electron chi connectivity index (χ1n) is 5.96. The van der Waals surface area contributed by atoms with E-state index >= 15 is 0 Å². The number of thioether (sulfide) groups is 1. The van der Waals surface area contributed by atoms with Gasteiger partial charge in [-0.15, -0.1) is 10.2 Å². The van der Waals surface area contributed by atoms with Crippen LogP contribution in [0.5, 0.6) is 0 Å². The SMILES string of the molecule is Nn1c(SCc2ccc(F)cc2Cl)nnc1-c1ccco1. The Bertz CT molecular complexity index is 760. The smallest absolute Gasteiger partial charge is 0.218 e. The zero-order chi connectivity index (χ0) is 14.8. The molecular weight excluding hydrogens is 315 g/mol. The number of hydrogen-bond donors (Lipinski definition) is 1. The number of furan rings is 1. The van der Waals surface area contributed by atoms with Gasteiger partial charge in [-0.05, 0) is 29.8 Å². The molecule has 3 rings (SSSR count). The van der Waals surface area contributed by atoms with Crippen LogP contribution in [-0.2, 0) is 5.75 Å². The molecule has 21 heavy (non-hydrogen) atoms. The minimum absolute atomic E-state index is 0.365. The van der Waals surface area contributed by atoms with Gasteiger partial charge in [0.15, 0.2) is 5.76 Å². The molecule has 0 fully saturated rings. The molecule has 0 amide bonds. The number of nitrogen functional groups attached to an aromatic ring is 1. The topological polar surface area (TPSA) is 69.9 Å². The van der Waals surface area contributed by atoms with E-state index in [4.69, 9.17) is 21.9 Å². The van der Waals surface area contributed by atoms with Gasteiger partial charge in [0.25, 0.3) is 0 Å². The van der Waals surface area contributed by atoms with Crippen LogP contribution >= 0.6 is 23.4 Å². The number of halogens is 2. The third-order valence-electron chi connectivity index (χ3n) is 2.78. The van der Waals surface area contributed by atoms with Crippen LogP contribution in [0.15, 0.2) is 46.2 Å². The van der Waals surface area contributed by atoms with Gasteiger partial charge in [0.2, 0.25) is 11.0 Å². The first kappa shape index (κ1) is 14.0. The van der Waals surface area contributed by atoms with Crippen molar-refractivity contribution in [3.8, 4) is 11.6 Å². The lowest BCUT2D eigenvalue weighted by atomic mass is 10.2. The highest BCUT2D eigenvalue weighted by Crippen LogP contribution is 2.27. The molecule has 1 aromatic carbocycles. The maximum Gasteiger partial charge on any atom is 0.218 e. The van der Waals surface area contributed by atoms with Crippen LogP contribution in [0.2, 0.25) is 5.02 Å². The first-order chi connectivity index (χ1) is 10.1. The molecule has 0 unspecified atom stereocenters. The Balaban J connectivity index is 1.77. The van der Waals surface area contributed by atoms with Crippen molar-refractivity contribution in [3.63, 3.8) is 0 Å². The molecule has 2 N–H and O–H groups in total. The molecule has 0 aliphatic heterocycles. The second-order valence-corrected chi connectivity index (χ2v) is 5.53. The van der Waals surface area contributed by atoms with E-state index in [2.05, 4.69) is 10.2 Å². The molecule has 0 aliphatic carbocycles. The molecule has 5 nitrogen and oxygen atoms in total. The van der Waals surface area contributed by atoms with Crippen LogP contribution in [0.4, 0.5) is 4.39 Å². The minimum Gasteiger partial charge on any atom is -0.461 e. The Morgan fingerprint density at radius 3 is 2.90 bits per heavy atom. The predicted octanol–water partition coefficient (Wildman–Crippen LogP) is 3.34. The third-order valence-corrected chi connectivity index (χ3v) is 4.12. The summed E-state index contributed by atoms with van der Waals surface area (Å²) in [6.07, 6.45) is 1.54. The number of hydrogen-bond acceptors (Lipinski definition) is 5. The molecule has 0 spiro atoms. The maximum atomic E-state index is 13.0. The number of nitrogens with two attached hydrogens (primary N) is 1. The zero-order valence-corrected chi connectivity index (χ0v) is 12.2. The highest BCUT2D eigenvalue weighted by molar-refractivity contribution is 7.98. The second kappa shape index (κ2) is 5.79. The summed E-state index contributed by atoms with van der Waals surface area (Å²) in [5, 5.41) is 8.88. The Morgan fingerprint density at radius 2 is 2.19 bits per heavy atom. The Labute approximate surface area is 128 Å². The van der Waals surface area contributed by atoms with E-state index in [1.165, 1.54) is 34.8 Å². The number of benzene rings is 1. The van der Waals surface area contributed by atoms with Crippen molar-refractivity contribution < 1.29 is 8.81 Å². The fraction of sp³-hybridized carbons (Fsp3) is 0.0769. The summed E-state index contributed by atoms with van der Waals surface area (Å²) in [5.41, 5.74) is 0.797.